The zero-order valence-electron chi connectivity index (χ0n) is 24.7. The smallest absolute Gasteiger partial charge is 0.251 e. The van der Waals surface area contributed by atoms with E-state index in [9.17, 15) is 9.59 Å². The summed E-state index contributed by atoms with van der Waals surface area (Å²) in [4.78, 5) is 29.7. The minimum Gasteiger partial charge on any atom is -0.490 e. The average Bonchev–Trinajstić information content (AvgIpc) is 3.25. The maximum atomic E-state index is 13.4. The second-order valence-corrected chi connectivity index (χ2v) is 12.9. The van der Waals surface area contributed by atoms with Crippen molar-refractivity contribution in [1.29, 1.82) is 0 Å². The van der Waals surface area contributed by atoms with E-state index < -0.39 is 0 Å². The van der Waals surface area contributed by atoms with Gasteiger partial charge in [0.25, 0.3) is 5.91 Å². The monoisotopic (exact) mass is 564 g/mol. The van der Waals surface area contributed by atoms with Gasteiger partial charge in [0.15, 0.2) is 0 Å². The molecule has 2 heterocycles. The molecule has 218 valence electrons. The number of fused-ring (bicyclic) bond motifs is 5. The van der Waals surface area contributed by atoms with Crippen molar-refractivity contribution < 1.29 is 14.3 Å². The minimum absolute atomic E-state index is 0.132. The Bertz CT molecular complexity index is 1550. The molecule has 3 fully saturated rings. The molecule has 3 aliphatic rings. The molecule has 0 spiro atoms. The molecule has 2 N–H and O–H groups in total. The van der Waals surface area contributed by atoms with Gasteiger partial charge in [-0.05, 0) is 111 Å². The predicted octanol–water partition coefficient (Wildman–Crippen LogP) is 7.30. The summed E-state index contributed by atoms with van der Waals surface area (Å²) >= 11 is 0. The molecular formula is C35H40N4O3. The number of pyridine rings is 1. The van der Waals surface area contributed by atoms with Gasteiger partial charge in [-0.2, -0.15) is 5.10 Å². The lowest BCUT2D eigenvalue weighted by Crippen LogP contribution is -2.34. The first-order valence-corrected chi connectivity index (χ1v) is 15.2. The SMILES string of the molecule is CC(C)CC(NC(=O)c1ccc2[nH]nc(-c3ccc(OC4CC5CCC(C4)C(C)(C=O)C5)cc3)c2c1)c1ccccn1. The molecule has 42 heavy (non-hydrogen) atoms. The number of hydrogen-bond acceptors (Lipinski definition) is 5. The predicted molar refractivity (Wildman–Crippen MR) is 164 cm³/mol. The quantitative estimate of drug-likeness (QED) is 0.208. The molecule has 0 aliphatic heterocycles. The lowest BCUT2D eigenvalue weighted by Gasteiger charge is -2.37. The zero-order chi connectivity index (χ0) is 29.3. The van der Waals surface area contributed by atoms with Crippen LogP contribution in [-0.2, 0) is 4.79 Å². The summed E-state index contributed by atoms with van der Waals surface area (Å²) < 4.78 is 6.46. The highest BCUT2D eigenvalue weighted by Gasteiger charge is 2.45. The topological polar surface area (TPSA) is 97.0 Å². The van der Waals surface area contributed by atoms with Crippen molar-refractivity contribution in [2.75, 3.05) is 0 Å². The van der Waals surface area contributed by atoms with Crippen molar-refractivity contribution in [1.82, 2.24) is 20.5 Å². The van der Waals surface area contributed by atoms with Gasteiger partial charge in [0.1, 0.15) is 12.0 Å². The normalized spacial score (nSPS) is 24.3. The van der Waals surface area contributed by atoms with Gasteiger partial charge in [-0.1, -0.05) is 26.8 Å². The third kappa shape index (κ3) is 5.83. The molecule has 3 saturated carbocycles. The number of amides is 1. The second-order valence-electron chi connectivity index (χ2n) is 12.9. The number of ether oxygens (including phenoxy) is 1. The lowest BCUT2D eigenvalue weighted by molar-refractivity contribution is -0.120. The number of carbonyl (C=O) groups excluding carboxylic acids is 2. The van der Waals surface area contributed by atoms with Gasteiger partial charge in [0.2, 0.25) is 0 Å². The number of carbonyl (C=O) groups is 2. The molecule has 4 aromatic rings. The Balaban J connectivity index is 1.18. The van der Waals surface area contributed by atoms with Crippen LogP contribution in [0.4, 0.5) is 0 Å². The van der Waals surface area contributed by atoms with Gasteiger partial charge < -0.3 is 14.8 Å². The van der Waals surface area contributed by atoms with Gasteiger partial charge in [0.05, 0.1) is 29.1 Å². The summed E-state index contributed by atoms with van der Waals surface area (Å²) in [6.07, 6.45) is 9.12. The summed E-state index contributed by atoms with van der Waals surface area (Å²) in [5.74, 6) is 2.05. The Morgan fingerprint density at radius 2 is 1.95 bits per heavy atom. The number of H-pyrrole nitrogens is 1. The van der Waals surface area contributed by atoms with Crippen LogP contribution in [0.25, 0.3) is 22.2 Å². The summed E-state index contributed by atoms with van der Waals surface area (Å²) in [7, 11) is 0. The maximum Gasteiger partial charge on any atom is 0.251 e. The summed E-state index contributed by atoms with van der Waals surface area (Å²) in [6, 6.07) is 19.3. The van der Waals surface area contributed by atoms with Crippen LogP contribution >= 0.6 is 0 Å². The fourth-order valence-electron chi connectivity index (χ4n) is 7.08. The minimum atomic E-state index is -0.213. The number of hydrogen-bond donors (Lipinski definition) is 2. The molecule has 2 aromatic heterocycles. The van der Waals surface area contributed by atoms with Crippen molar-refractivity contribution in [2.24, 2.45) is 23.2 Å². The van der Waals surface area contributed by atoms with Crippen LogP contribution in [0.15, 0.2) is 66.9 Å². The molecule has 0 saturated heterocycles. The first-order valence-electron chi connectivity index (χ1n) is 15.2. The maximum absolute atomic E-state index is 13.4. The second kappa shape index (κ2) is 11.7. The highest BCUT2D eigenvalue weighted by molar-refractivity contribution is 6.01. The van der Waals surface area contributed by atoms with Crippen LogP contribution < -0.4 is 10.1 Å². The lowest BCUT2D eigenvalue weighted by atomic mass is 9.66. The van der Waals surface area contributed by atoms with E-state index in [1.165, 1.54) is 12.7 Å². The Hall–Kier alpha value is -4.00. The van der Waals surface area contributed by atoms with Gasteiger partial charge >= 0.3 is 0 Å². The van der Waals surface area contributed by atoms with E-state index >= 15 is 0 Å². The number of nitrogens with zero attached hydrogens (tertiary/aromatic N) is 2. The van der Waals surface area contributed by atoms with Gasteiger partial charge in [-0.25, -0.2) is 0 Å². The molecule has 3 aliphatic carbocycles. The van der Waals surface area contributed by atoms with Crippen molar-refractivity contribution >= 4 is 23.1 Å². The van der Waals surface area contributed by atoms with E-state index in [1.54, 1.807) is 6.20 Å². The summed E-state index contributed by atoms with van der Waals surface area (Å²) in [5.41, 5.74) is 3.85. The summed E-state index contributed by atoms with van der Waals surface area (Å²) in [5, 5.41) is 11.8. The molecule has 7 rings (SSSR count). The number of aldehydes is 1. The largest absolute Gasteiger partial charge is 0.490 e. The summed E-state index contributed by atoms with van der Waals surface area (Å²) in [6.45, 7) is 6.42. The fraction of sp³-hybridized carbons (Fsp3) is 0.429. The molecule has 2 aromatic carbocycles. The molecule has 0 radical (unpaired) electrons. The Kier molecular flexibility index (Phi) is 7.84. The van der Waals surface area contributed by atoms with E-state index in [2.05, 4.69) is 41.3 Å². The molecule has 5 atom stereocenters. The van der Waals surface area contributed by atoms with Gasteiger partial charge in [0, 0.05) is 28.1 Å². The third-order valence-electron chi connectivity index (χ3n) is 9.31. The van der Waals surface area contributed by atoms with Gasteiger partial charge in [-0.3, -0.25) is 14.9 Å². The van der Waals surface area contributed by atoms with E-state index in [0.29, 0.717) is 23.3 Å². The van der Waals surface area contributed by atoms with E-state index in [-0.39, 0.29) is 23.5 Å². The first kappa shape index (κ1) is 28.1. The number of nitrogens with one attached hydrogen (secondary N) is 2. The van der Waals surface area contributed by atoms with E-state index in [1.807, 2.05) is 60.7 Å². The van der Waals surface area contributed by atoms with Gasteiger partial charge in [-0.15, -0.1) is 0 Å². The van der Waals surface area contributed by atoms with Crippen molar-refractivity contribution in [3.05, 3.63) is 78.1 Å². The zero-order valence-corrected chi connectivity index (χ0v) is 24.7. The van der Waals surface area contributed by atoms with Crippen LogP contribution in [0, 0.1) is 23.2 Å². The van der Waals surface area contributed by atoms with Crippen LogP contribution in [-0.4, -0.2) is 33.5 Å². The van der Waals surface area contributed by atoms with Crippen molar-refractivity contribution in [2.45, 2.75) is 71.4 Å². The van der Waals surface area contributed by atoms with E-state index in [0.717, 1.165) is 65.7 Å². The van der Waals surface area contributed by atoms with E-state index in [4.69, 9.17) is 4.74 Å². The third-order valence-corrected chi connectivity index (χ3v) is 9.31. The Morgan fingerprint density at radius 1 is 1.12 bits per heavy atom. The molecular weight excluding hydrogens is 524 g/mol. The standard InChI is InChI=1S/C35H40N4O3/c1-22(2)16-32(31-6-4-5-15-36-31)37-34(41)25-10-14-30-29(18-25)33(39-38-30)24-8-12-27(13-9-24)42-28-17-23-7-11-26(19-28)35(3,20-23)21-40/h4-6,8-10,12-15,18,21-23,26,28,32H,7,11,16-17,19-20H2,1-3H3,(H,37,41)(H,38,39). The van der Waals surface area contributed by atoms with Crippen LogP contribution in [0.1, 0.15) is 81.4 Å². The Labute approximate surface area is 247 Å². The molecule has 7 heteroatoms. The Morgan fingerprint density at radius 3 is 2.69 bits per heavy atom. The number of aromatic nitrogens is 3. The van der Waals surface area contributed by atoms with Crippen molar-refractivity contribution in [3.63, 3.8) is 0 Å². The van der Waals surface area contributed by atoms with Crippen LogP contribution in [0.2, 0.25) is 0 Å². The molecule has 2 bridgehead atoms. The van der Waals surface area contributed by atoms with Crippen LogP contribution in [0.3, 0.4) is 0 Å². The highest BCUT2D eigenvalue weighted by Crippen LogP contribution is 2.50. The number of benzene rings is 2. The molecule has 1 amide bonds. The number of rotatable bonds is 9. The average molecular weight is 565 g/mol. The molecule has 7 nitrogen and oxygen atoms in total. The fourth-order valence-corrected chi connectivity index (χ4v) is 7.08. The van der Waals surface area contributed by atoms with Crippen molar-refractivity contribution in [3.8, 4) is 17.0 Å². The highest BCUT2D eigenvalue weighted by atomic mass is 16.5. The van der Waals surface area contributed by atoms with Crippen LogP contribution in [0.5, 0.6) is 5.75 Å². The first-order chi connectivity index (χ1) is 20.3. The molecule has 5 unspecified atom stereocenters. The number of aromatic amines is 1.